The lowest BCUT2D eigenvalue weighted by molar-refractivity contribution is -0.143. The average molecular weight is 289 g/mol. The van der Waals surface area contributed by atoms with Crippen LogP contribution in [-0.4, -0.2) is 22.6 Å². The third kappa shape index (κ3) is 4.10. The number of halogens is 2. The maximum Gasteiger partial charge on any atom is 0.329 e. The van der Waals surface area contributed by atoms with Gasteiger partial charge in [0.2, 0.25) is 0 Å². The zero-order chi connectivity index (χ0) is 14.6. The summed E-state index contributed by atoms with van der Waals surface area (Å²) in [7, 11) is 0. The highest BCUT2D eigenvalue weighted by atomic mass is 35.5. The topological polar surface area (TPSA) is 78.4 Å². The SMILES string of the molecule is CCC(C)(NC(=O)Nc1cc(F)cc(Cl)c1)C(=O)O. The van der Waals surface area contributed by atoms with Gasteiger partial charge in [0, 0.05) is 10.7 Å². The molecule has 0 bridgehead atoms. The van der Waals surface area contributed by atoms with Gasteiger partial charge in [0.25, 0.3) is 0 Å². The summed E-state index contributed by atoms with van der Waals surface area (Å²) in [5.74, 6) is -1.75. The van der Waals surface area contributed by atoms with E-state index in [1.807, 2.05) is 0 Å². The van der Waals surface area contributed by atoms with Crippen LogP contribution in [0.2, 0.25) is 5.02 Å². The molecule has 0 spiro atoms. The van der Waals surface area contributed by atoms with Crippen molar-refractivity contribution in [2.45, 2.75) is 25.8 Å². The van der Waals surface area contributed by atoms with Gasteiger partial charge in [-0.25, -0.2) is 14.0 Å². The van der Waals surface area contributed by atoms with Crippen molar-refractivity contribution in [2.24, 2.45) is 0 Å². The smallest absolute Gasteiger partial charge is 0.329 e. The van der Waals surface area contributed by atoms with E-state index >= 15 is 0 Å². The van der Waals surface area contributed by atoms with Crippen LogP contribution in [0.4, 0.5) is 14.9 Å². The van der Waals surface area contributed by atoms with Gasteiger partial charge in [0.1, 0.15) is 11.4 Å². The Hall–Kier alpha value is -1.82. The first kappa shape index (κ1) is 15.2. The highest BCUT2D eigenvalue weighted by Gasteiger charge is 2.32. The van der Waals surface area contributed by atoms with Gasteiger partial charge in [0.15, 0.2) is 0 Å². The van der Waals surface area contributed by atoms with Gasteiger partial charge < -0.3 is 15.7 Å². The Balaban J connectivity index is 2.77. The quantitative estimate of drug-likeness (QED) is 0.797. The van der Waals surface area contributed by atoms with Crippen molar-refractivity contribution in [3.63, 3.8) is 0 Å². The molecule has 0 aromatic heterocycles. The summed E-state index contributed by atoms with van der Waals surface area (Å²) < 4.78 is 13.1. The van der Waals surface area contributed by atoms with E-state index in [9.17, 15) is 14.0 Å². The number of carboxylic acid groups (broad SMARTS) is 1. The number of carbonyl (C=O) groups excluding carboxylic acids is 1. The molecular formula is C12H14ClFN2O3. The number of amides is 2. The van der Waals surface area contributed by atoms with E-state index < -0.39 is 23.4 Å². The fraction of sp³-hybridized carbons (Fsp3) is 0.333. The first-order valence-corrected chi connectivity index (χ1v) is 5.93. The first-order valence-electron chi connectivity index (χ1n) is 5.55. The zero-order valence-electron chi connectivity index (χ0n) is 10.5. The number of nitrogens with one attached hydrogen (secondary N) is 2. The molecule has 1 rings (SSSR count). The average Bonchev–Trinajstić information content (AvgIpc) is 2.26. The summed E-state index contributed by atoms with van der Waals surface area (Å²) in [6, 6.07) is 2.79. The van der Waals surface area contributed by atoms with Gasteiger partial charge in [-0.3, -0.25) is 0 Å². The van der Waals surface area contributed by atoms with E-state index in [-0.39, 0.29) is 17.1 Å². The van der Waals surface area contributed by atoms with Crippen molar-refractivity contribution in [3.8, 4) is 0 Å². The number of aliphatic carboxylic acids is 1. The molecule has 0 fully saturated rings. The van der Waals surface area contributed by atoms with E-state index in [0.717, 1.165) is 12.1 Å². The second-order valence-corrected chi connectivity index (χ2v) is 4.66. The van der Waals surface area contributed by atoms with Crippen LogP contribution in [0.15, 0.2) is 18.2 Å². The van der Waals surface area contributed by atoms with Crippen molar-refractivity contribution in [1.82, 2.24) is 5.32 Å². The largest absolute Gasteiger partial charge is 0.480 e. The summed E-state index contributed by atoms with van der Waals surface area (Å²) in [4.78, 5) is 22.7. The van der Waals surface area contributed by atoms with E-state index in [2.05, 4.69) is 10.6 Å². The summed E-state index contributed by atoms with van der Waals surface area (Å²) in [5, 5.41) is 13.8. The maximum atomic E-state index is 13.1. The minimum absolute atomic E-state index is 0.131. The first-order chi connectivity index (χ1) is 8.76. The molecule has 3 N–H and O–H groups in total. The normalized spacial score (nSPS) is 13.5. The number of benzene rings is 1. The molecule has 104 valence electrons. The fourth-order valence-corrected chi connectivity index (χ4v) is 1.55. The highest BCUT2D eigenvalue weighted by Crippen LogP contribution is 2.18. The maximum absolute atomic E-state index is 13.1. The number of hydrogen-bond acceptors (Lipinski definition) is 2. The third-order valence-electron chi connectivity index (χ3n) is 2.69. The number of carbonyl (C=O) groups is 2. The van der Waals surface area contributed by atoms with Crippen molar-refractivity contribution >= 4 is 29.3 Å². The van der Waals surface area contributed by atoms with Crippen LogP contribution in [-0.2, 0) is 4.79 Å². The van der Waals surface area contributed by atoms with Crippen LogP contribution in [0, 0.1) is 5.82 Å². The van der Waals surface area contributed by atoms with E-state index in [1.165, 1.54) is 13.0 Å². The minimum atomic E-state index is -1.39. The molecule has 19 heavy (non-hydrogen) atoms. The minimum Gasteiger partial charge on any atom is -0.480 e. The van der Waals surface area contributed by atoms with Crippen LogP contribution in [0.3, 0.4) is 0 Å². The molecule has 7 heteroatoms. The highest BCUT2D eigenvalue weighted by molar-refractivity contribution is 6.30. The molecule has 1 aromatic rings. The molecule has 0 aliphatic carbocycles. The molecule has 1 aromatic carbocycles. The molecule has 1 unspecified atom stereocenters. The van der Waals surface area contributed by atoms with E-state index in [1.54, 1.807) is 6.92 Å². The predicted octanol–water partition coefficient (Wildman–Crippen LogP) is 2.85. The molecule has 0 aliphatic heterocycles. The molecule has 1 atom stereocenters. The Bertz CT molecular complexity index is 489. The summed E-state index contributed by atoms with van der Waals surface area (Å²) in [6.07, 6.45) is 0.208. The Morgan fingerprint density at radius 2 is 2.05 bits per heavy atom. The van der Waals surface area contributed by atoms with Crippen LogP contribution >= 0.6 is 11.6 Å². The van der Waals surface area contributed by atoms with Gasteiger partial charge in [-0.05, 0) is 31.5 Å². The molecule has 0 heterocycles. The Morgan fingerprint density at radius 3 is 2.53 bits per heavy atom. The molecule has 0 aliphatic rings. The van der Waals surface area contributed by atoms with Crippen molar-refractivity contribution in [2.75, 3.05) is 5.32 Å². The predicted molar refractivity (Wildman–Crippen MR) is 69.9 cm³/mol. The van der Waals surface area contributed by atoms with Crippen LogP contribution in [0.25, 0.3) is 0 Å². The Labute approximate surface area is 114 Å². The molecule has 0 saturated carbocycles. The van der Waals surface area contributed by atoms with E-state index in [0.29, 0.717) is 0 Å². The molecule has 5 nitrogen and oxygen atoms in total. The van der Waals surface area contributed by atoms with Gasteiger partial charge in [-0.1, -0.05) is 18.5 Å². The van der Waals surface area contributed by atoms with Gasteiger partial charge in [-0.15, -0.1) is 0 Å². The number of carboxylic acids is 1. The van der Waals surface area contributed by atoms with Crippen molar-refractivity contribution < 1.29 is 19.1 Å². The molecule has 0 saturated heterocycles. The summed E-state index contributed by atoms with van der Waals surface area (Å²) in [6.45, 7) is 3.01. The molecular weight excluding hydrogens is 275 g/mol. The standard InChI is InChI=1S/C12H14ClFN2O3/c1-3-12(2,10(17)18)16-11(19)15-9-5-7(13)4-8(14)6-9/h4-6H,3H2,1-2H3,(H,17,18)(H2,15,16,19). The number of urea groups is 1. The van der Waals surface area contributed by atoms with Gasteiger partial charge in [-0.2, -0.15) is 0 Å². The van der Waals surface area contributed by atoms with Crippen molar-refractivity contribution in [1.29, 1.82) is 0 Å². The number of anilines is 1. The Morgan fingerprint density at radius 1 is 1.42 bits per heavy atom. The lowest BCUT2D eigenvalue weighted by atomic mass is 10.00. The lowest BCUT2D eigenvalue weighted by Gasteiger charge is -2.24. The van der Waals surface area contributed by atoms with Crippen LogP contribution < -0.4 is 10.6 Å². The molecule has 2 amide bonds. The summed E-state index contributed by atoms with van der Waals surface area (Å²) in [5.41, 5.74) is -1.24. The van der Waals surface area contributed by atoms with Gasteiger partial charge >= 0.3 is 12.0 Å². The number of hydrogen-bond donors (Lipinski definition) is 3. The monoisotopic (exact) mass is 288 g/mol. The second-order valence-electron chi connectivity index (χ2n) is 4.23. The Kier molecular flexibility index (Phi) is 4.72. The second kappa shape index (κ2) is 5.88. The van der Waals surface area contributed by atoms with Crippen LogP contribution in [0.1, 0.15) is 20.3 Å². The van der Waals surface area contributed by atoms with E-state index in [4.69, 9.17) is 16.7 Å². The lowest BCUT2D eigenvalue weighted by Crippen LogP contribution is -2.53. The third-order valence-corrected chi connectivity index (χ3v) is 2.91. The summed E-state index contributed by atoms with van der Waals surface area (Å²) >= 11 is 5.64. The number of rotatable bonds is 4. The van der Waals surface area contributed by atoms with Crippen molar-refractivity contribution in [3.05, 3.63) is 29.0 Å². The fourth-order valence-electron chi connectivity index (χ4n) is 1.33. The van der Waals surface area contributed by atoms with Gasteiger partial charge in [0.05, 0.1) is 0 Å². The molecule has 0 radical (unpaired) electrons. The zero-order valence-corrected chi connectivity index (χ0v) is 11.2. The van der Waals surface area contributed by atoms with Crippen LogP contribution in [0.5, 0.6) is 0 Å².